The summed E-state index contributed by atoms with van der Waals surface area (Å²) in [5.41, 5.74) is 0.145. The maximum atomic E-state index is 12.2. The number of rotatable bonds is 7. The van der Waals surface area contributed by atoms with Crippen LogP contribution in [-0.4, -0.2) is 50.6 Å². The minimum Gasteiger partial charge on any atom is -0.355 e. The third-order valence-electron chi connectivity index (χ3n) is 4.35. The van der Waals surface area contributed by atoms with Crippen LogP contribution in [0.2, 0.25) is 0 Å². The second-order valence-corrected chi connectivity index (χ2v) is 7.45. The van der Waals surface area contributed by atoms with E-state index in [0.717, 1.165) is 25.9 Å². The van der Waals surface area contributed by atoms with E-state index in [-0.39, 0.29) is 16.9 Å². The Morgan fingerprint density at radius 1 is 1.20 bits per heavy atom. The van der Waals surface area contributed by atoms with Crippen molar-refractivity contribution in [3.05, 3.63) is 0 Å². The molecular weight excluding hydrogens is 250 g/mol. The predicted molar refractivity (Wildman–Crippen MR) is 84.8 cm³/mol. The van der Waals surface area contributed by atoms with Gasteiger partial charge in [-0.2, -0.15) is 0 Å². The largest absolute Gasteiger partial charge is 0.355 e. The molecule has 1 aliphatic carbocycles. The Morgan fingerprint density at radius 3 is 2.30 bits per heavy atom. The lowest BCUT2D eigenvalue weighted by molar-refractivity contribution is -0.123. The second kappa shape index (κ2) is 7.41. The van der Waals surface area contributed by atoms with Crippen LogP contribution < -0.4 is 10.6 Å². The molecule has 1 amide bonds. The highest BCUT2D eigenvalue weighted by molar-refractivity contribution is 5.77. The summed E-state index contributed by atoms with van der Waals surface area (Å²) >= 11 is 0. The predicted octanol–water partition coefficient (Wildman–Crippen LogP) is 2.00. The van der Waals surface area contributed by atoms with Crippen LogP contribution in [0, 0.1) is 5.41 Å². The first kappa shape index (κ1) is 17.4. The monoisotopic (exact) mass is 283 g/mol. The Kier molecular flexibility index (Phi) is 6.46. The standard InChI is InChI=1S/C16H33N3O/c1-15(2,13-19(4)5)12-18-14(20)11-16(17-3)9-7-6-8-10-16/h17H,6-13H2,1-5H3,(H,18,20). The van der Waals surface area contributed by atoms with Crippen LogP contribution in [0.1, 0.15) is 52.4 Å². The minimum absolute atomic E-state index is 0.0357. The fraction of sp³-hybridized carbons (Fsp3) is 0.938. The molecule has 0 atom stereocenters. The Morgan fingerprint density at radius 2 is 1.80 bits per heavy atom. The summed E-state index contributed by atoms with van der Waals surface area (Å²) in [4.78, 5) is 14.4. The van der Waals surface area contributed by atoms with E-state index >= 15 is 0 Å². The smallest absolute Gasteiger partial charge is 0.221 e. The van der Waals surface area contributed by atoms with E-state index in [9.17, 15) is 4.79 Å². The lowest BCUT2D eigenvalue weighted by Crippen LogP contribution is -2.49. The van der Waals surface area contributed by atoms with Gasteiger partial charge in [-0.15, -0.1) is 0 Å². The Bertz CT molecular complexity index is 307. The molecule has 1 saturated carbocycles. The lowest BCUT2D eigenvalue weighted by Gasteiger charge is -2.37. The summed E-state index contributed by atoms with van der Waals surface area (Å²) < 4.78 is 0. The third-order valence-corrected chi connectivity index (χ3v) is 4.35. The Balaban J connectivity index is 2.42. The molecule has 4 heteroatoms. The van der Waals surface area contributed by atoms with Crippen LogP contribution >= 0.6 is 0 Å². The Hall–Kier alpha value is -0.610. The maximum absolute atomic E-state index is 12.2. The summed E-state index contributed by atoms with van der Waals surface area (Å²) in [7, 11) is 6.14. The normalized spacial score (nSPS) is 19.1. The molecule has 1 rings (SSSR count). The lowest BCUT2D eigenvalue weighted by atomic mass is 9.79. The molecule has 2 N–H and O–H groups in total. The molecule has 0 aliphatic heterocycles. The first-order valence-corrected chi connectivity index (χ1v) is 7.89. The van der Waals surface area contributed by atoms with Crippen molar-refractivity contribution in [3.63, 3.8) is 0 Å². The molecule has 0 heterocycles. The molecule has 0 spiro atoms. The fourth-order valence-electron chi connectivity index (χ4n) is 3.36. The number of carbonyl (C=O) groups excluding carboxylic acids is 1. The van der Waals surface area contributed by atoms with Crippen LogP contribution in [0.4, 0.5) is 0 Å². The van der Waals surface area contributed by atoms with E-state index in [0.29, 0.717) is 6.42 Å². The molecule has 20 heavy (non-hydrogen) atoms. The fourth-order valence-corrected chi connectivity index (χ4v) is 3.36. The first-order chi connectivity index (χ1) is 9.29. The minimum atomic E-state index is 0.0357. The van der Waals surface area contributed by atoms with Gasteiger partial charge in [0.15, 0.2) is 0 Å². The van der Waals surface area contributed by atoms with E-state index in [1.807, 2.05) is 7.05 Å². The molecule has 1 fully saturated rings. The molecule has 0 aromatic rings. The Labute approximate surface area is 124 Å². The average Bonchev–Trinajstić information content (AvgIpc) is 2.36. The molecule has 0 aromatic carbocycles. The van der Waals surface area contributed by atoms with Crippen LogP contribution in [0.5, 0.6) is 0 Å². The average molecular weight is 283 g/mol. The number of nitrogens with zero attached hydrogens (tertiary/aromatic N) is 1. The summed E-state index contributed by atoms with van der Waals surface area (Å²) in [6, 6.07) is 0. The molecule has 118 valence electrons. The van der Waals surface area contributed by atoms with E-state index < -0.39 is 0 Å². The van der Waals surface area contributed by atoms with E-state index in [2.05, 4.69) is 43.5 Å². The summed E-state index contributed by atoms with van der Waals surface area (Å²) in [5.74, 6) is 0.188. The SMILES string of the molecule is CNC1(CC(=O)NCC(C)(C)CN(C)C)CCCCC1. The van der Waals surface area contributed by atoms with Crippen molar-refractivity contribution in [1.82, 2.24) is 15.5 Å². The van der Waals surface area contributed by atoms with Gasteiger partial charge in [0.2, 0.25) is 5.91 Å². The van der Waals surface area contributed by atoms with Gasteiger partial charge >= 0.3 is 0 Å². The van der Waals surface area contributed by atoms with Crippen LogP contribution in [-0.2, 0) is 4.79 Å². The number of amides is 1. The van der Waals surface area contributed by atoms with Crippen molar-refractivity contribution in [2.24, 2.45) is 5.41 Å². The summed E-state index contributed by atoms with van der Waals surface area (Å²) in [6.07, 6.45) is 6.64. The van der Waals surface area contributed by atoms with Crippen LogP contribution in [0.25, 0.3) is 0 Å². The molecule has 0 unspecified atom stereocenters. The molecular formula is C16H33N3O. The van der Waals surface area contributed by atoms with Gasteiger partial charge < -0.3 is 15.5 Å². The van der Waals surface area contributed by atoms with Crippen molar-refractivity contribution >= 4 is 5.91 Å². The highest BCUT2D eigenvalue weighted by Gasteiger charge is 2.32. The number of carbonyl (C=O) groups is 1. The van der Waals surface area contributed by atoms with Gasteiger partial charge in [0.05, 0.1) is 0 Å². The highest BCUT2D eigenvalue weighted by atomic mass is 16.1. The number of nitrogens with one attached hydrogen (secondary N) is 2. The van der Waals surface area contributed by atoms with Crippen molar-refractivity contribution < 1.29 is 4.79 Å². The van der Waals surface area contributed by atoms with Crippen molar-refractivity contribution in [3.8, 4) is 0 Å². The van der Waals surface area contributed by atoms with Crippen molar-refractivity contribution in [2.45, 2.75) is 57.9 Å². The van der Waals surface area contributed by atoms with Crippen LogP contribution in [0.15, 0.2) is 0 Å². The molecule has 0 radical (unpaired) electrons. The van der Waals surface area contributed by atoms with Crippen molar-refractivity contribution in [2.75, 3.05) is 34.2 Å². The number of hydrogen-bond acceptors (Lipinski definition) is 3. The molecule has 0 bridgehead atoms. The molecule has 0 aromatic heterocycles. The summed E-state index contributed by atoms with van der Waals surface area (Å²) in [5, 5.41) is 6.54. The van der Waals surface area contributed by atoms with E-state index in [1.54, 1.807) is 0 Å². The van der Waals surface area contributed by atoms with Crippen molar-refractivity contribution in [1.29, 1.82) is 0 Å². The zero-order valence-electron chi connectivity index (χ0n) is 14.0. The van der Waals surface area contributed by atoms with Gasteiger partial charge in [-0.1, -0.05) is 33.1 Å². The van der Waals surface area contributed by atoms with E-state index in [4.69, 9.17) is 0 Å². The van der Waals surface area contributed by atoms with Gasteiger partial charge in [0, 0.05) is 25.0 Å². The van der Waals surface area contributed by atoms with Crippen LogP contribution in [0.3, 0.4) is 0 Å². The maximum Gasteiger partial charge on any atom is 0.221 e. The topological polar surface area (TPSA) is 44.4 Å². The van der Waals surface area contributed by atoms with Gasteiger partial charge in [0.25, 0.3) is 0 Å². The van der Waals surface area contributed by atoms with Gasteiger partial charge in [-0.05, 0) is 39.4 Å². The van der Waals surface area contributed by atoms with E-state index in [1.165, 1.54) is 19.3 Å². The highest BCUT2D eigenvalue weighted by Crippen LogP contribution is 2.30. The number of hydrogen-bond donors (Lipinski definition) is 2. The second-order valence-electron chi connectivity index (χ2n) is 7.45. The van der Waals surface area contributed by atoms with Gasteiger partial charge in [0.1, 0.15) is 0 Å². The molecule has 1 aliphatic rings. The first-order valence-electron chi connectivity index (χ1n) is 7.89. The quantitative estimate of drug-likeness (QED) is 0.751. The zero-order chi connectivity index (χ0) is 15.2. The van der Waals surface area contributed by atoms with Gasteiger partial charge in [-0.25, -0.2) is 0 Å². The molecule has 4 nitrogen and oxygen atoms in total. The van der Waals surface area contributed by atoms with Gasteiger partial charge in [-0.3, -0.25) is 4.79 Å². The molecule has 0 saturated heterocycles. The third kappa shape index (κ3) is 5.80. The summed E-state index contributed by atoms with van der Waals surface area (Å²) in [6.45, 7) is 6.11. The zero-order valence-corrected chi connectivity index (χ0v) is 14.0.